The average molecular weight is 406 g/mol. The Bertz CT molecular complexity index is 510. The van der Waals surface area contributed by atoms with Gasteiger partial charge in [-0.1, -0.05) is 6.92 Å². The monoisotopic (exact) mass is 405 g/mol. The Labute approximate surface area is 123 Å². The number of anilines is 1. The molecular formula is C13H13BrINO. The Morgan fingerprint density at radius 3 is 2.65 bits per heavy atom. The molecule has 0 aliphatic rings. The molecule has 0 fully saturated rings. The number of aryl methyl sites for hydroxylation is 1. The third-order valence-corrected chi connectivity index (χ3v) is 3.78. The van der Waals surface area contributed by atoms with Crippen LogP contribution < -0.4 is 5.32 Å². The summed E-state index contributed by atoms with van der Waals surface area (Å²) in [7, 11) is 0. The van der Waals surface area contributed by atoms with Crippen LogP contribution in [0.4, 0.5) is 5.69 Å². The molecule has 17 heavy (non-hydrogen) atoms. The van der Waals surface area contributed by atoms with E-state index in [9.17, 15) is 0 Å². The molecule has 0 radical (unpaired) electrons. The second kappa shape index (κ2) is 5.91. The van der Waals surface area contributed by atoms with E-state index < -0.39 is 0 Å². The van der Waals surface area contributed by atoms with E-state index in [4.69, 9.17) is 4.42 Å². The highest BCUT2D eigenvalue weighted by atomic mass is 127. The zero-order valence-corrected chi connectivity index (χ0v) is 13.2. The molecular weight excluding hydrogens is 393 g/mol. The lowest BCUT2D eigenvalue weighted by molar-refractivity contribution is 0.476. The summed E-state index contributed by atoms with van der Waals surface area (Å²) in [5.41, 5.74) is 1.08. The van der Waals surface area contributed by atoms with Gasteiger partial charge in [-0.2, -0.15) is 0 Å². The van der Waals surface area contributed by atoms with Gasteiger partial charge in [-0.05, 0) is 68.9 Å². The van der Waals surface area contributed by atoms with Crippen molar-refractivity contribution in [1.82, 2.24) is 0 Å². The number of furan rings is 1. The van der Waals surface area contributed by atoms with Gasteiger partial charge in [-0.15, -0.1) is 0 Å². The van der Waals surface area contributed by atoms with E-state index in [2.05, 4.69) is 69.0 Å². The van der Waals surface area contributed by atoms with Gasteiger partial charge in [0.15, 0.2) is 0 Å². The van der Waals surface area contributed by atoms with Crippen molar-refractivity contribution in [3.8, 4) is 0 Å². The first-order valence-electron chi connectivity index (χ1n) is 5.45. The lowest BCUT2D eigenvalue weighted by atomic mass is 10.3. The molecule has 2 aromatic rings. The summed E-state index contributed by atoms with van der Waals surface area (Å²) in [6.07, 6.45) is 0.938. The quantitative estimate of drug-likeness (QED) is 0.737. The van der Waals surface area contributed by atoms with Crippen molar-refractivity contribution in [1.29, 1.82) is 0 Å². The predicted molar refractivity (Wildman–Crippen MR) is 82.3 cm³/mol. The average Bonchev–Trinajstić information content (AvgIpc) is 2.76. The number of rotatable bonds is 4. The SMILES string of the molecule is CCc1ccc(CNc2ccc(I)cc2Br)o1. The first kappa shape index (κ1) is 13.0. The highest BCUT2D eigenvalue weighted by Crippen LogP contribution is 2.25. The summed E-state index contributed by atoms with van der Waals surface area (Å²) < 4.78 is 7.93. The summed E-state index contributed by atoms with van der Waals surface area (Å²) in [6.45, 7) is 2.80. The van der Waals surface area contributed by atoms with Crippen LogP contribution in [0.1, 0.15) is 18.4 Å². The highest BCUT2D eigenvalue weighted by molar-refractivity contribution is 14.1. The topological polar surface area (TPSA) is 25.2 Å². The molecule has 0 saturated carbocycles. The molecule has 0 amide bonds. The highest BCUT2D eigenvalue weighted by Gasteiger charge is 2.03. The van der Waals surface area contributed by atoms with Crippen LogP contribution in [-0.2, 0) is 13.0 Å². The van der Waals surface area contributed by atoms with Crippen LogP contribution in [0.3, 0.4) is 0 Å². The van der Waals surface area contributed by atoms with Crippen molar-refractivity contribution < 1.29 is 4.42 Å². The van der Waals surface area contributed by atoms with Crippen molar-refractivity contribution in [3.63, 3.8) is 0 Å². The molecule has 2 nitrogen and oxygen atoms in total. The minimum atomic E-state index is 0.708. The zero-order chi connectivity index (χ0) is 12.3. The minimum absolute atomic E-state index is 0.708. The Hall–Kier alpha value is -0.490. The third kappa shape index (κ3) is 3.48. The molecule has 2 rings (SSSR count). The standard InChI is InChI=1S/C13H13BrINO/c1-2-10-4-5-11(17-10)8-16-13-6-3-9(15)7-12(13)14/h3-7,16H,2,8H2,1H3. The van der Waals surface area contributed by atoms with E-state index in [0.29, 0.717) is 6.54 Å². The maximum atomic E-state index is 5.64. The van der Waals surface area contributed by atoms with E-state index in [0.717, 1.165) is 28.1 Å². The fraction of sp³-hybridized carbons (Fsp3) is 0.231. The van der Waals surface area contributed by atoms with Gasteiger partial charge in [0.2, 0.25) is 0 Å². The van der Waals surface area contributed by atoms with E-state index >= 15 is 0 Å². The number of hydrogen-bond donors (Lipinski definition) is 1. The number of nitrogens with one attached hydrogen (secondary N) is 1. The molecule has 0 saturated heterocycles. The smallest absolute Gasteiger partial charge is 0.123 e. The van der Waals surface area contributed by atoms with E-state index in [1.807, 2.05) is 12.1 Å². The predicted octanol–water partition coefficient (Wildman–Crippen LogP) is 4.82. The summed E-state index contributed by atoms with van der Waals surface area (Å²) in [4.78, 5) is 0. The van der Waals surface area contributed by atoms with Gasteiger partial charge < -0.3 is 9.73 Å². The van der Waals surface area contributed by atoms with Crippen molar-refractivity contribution in [2.24, 2.45) is 0 Å². The van der Waals surface area contributed by atoms with Gasteiger partial charge >= 0.3 is 0 Å². The molecule has 1 aromatic heterocycles. The second-order valence-electron chi connectivity index (χ2n) is 3.70. The molecule has 4 heteroatoms. The van der Waals surface area contributed by atoms with Crippen molar-refractivity contribution in [2.45, 2.75) is 19.9 Å². The lowest BCUT2D eigenvalue weighted by Crippen LogP contribution is -1.98. The maximum absolute atomic E-state index is 5.64. The van der Waals surface area contributed by atoms with Gasteiger partial charge in [0.05, 0.1) is 6.54 Å². The van der Waals surface area contributed by atoms with Crippen LogP contribution in [0.5, 0.6) is 0 Å². The van der Waals surface area contributed by atoms with Crippen LogP contribution in [0.2, 0.25) is 0 Å². The first-order chi connectivity index (χ1) is 8.19. The van der Waals surface area contributed by atoms with E-state index in [1.165, 1.54) is 3.57 Å². The Balaban J connectivity index is 2.02. The van der Waals surface area contributed by atoms with Crippen LogP contribution in [0.25, 0.3) is 0 Å². The Morgan fingerprint density at radius 2 is 2.00 bits per heavy atom. The lowest BCUT2D eigenvalue weighted by Gasteiger charge is -2.07. The molecule has 0 spiro atoms. The largest absolute Gasteiger partial charge is 0.464 e. The van der Waals surface area contributed by atoms with Crippen molar-refractivity contribution in [3.05, 3.63) is 49.9 Å². The van der Waals surface area contributed by atoms with E-state index in [1.54, 1.807) is 0 Å². The summed E-state index contributed by atoms with van der Waals surface area (Å²) >= 11 is 5.84. The fourth-order valence-corrected chi connectivity index (χ4v) is 2.96. The van der Waals surface area contributed by atoms with Gasteiger partial charge in [-0.3, -0.25) is 0 Å². The van der Waals surface area contributed by atoms with Crippen LogP contribution in [0, 0.1) is 3.57 Å². The molecule has 0 unspecified atom stereocenters. The van der Waals surface area contributed by atoms with Crippen LogP contribution in [0.15, 0.2) is 39.2 Å². The van der Waals surface area contributed by atoms with Gasteiger partial charge in [0.25, 0.3) is 0 Å². The second-order valence-corrected chi connectivity index (χ2v) is 5.80. The normalized spacial score (nSPS) is 10.5. The summed E-state index contributed by atoms with van der Waals surface area (Å²) in [6, 6.07) is 10.3. The summed E-state index contributed by atoms with van der Waals surface area (Å²) in [5, 5.41) is 3.35. The number of halogens is 2. The molecule has 1 aromatic carbocycles. The molecule has 1 heterocycles. The Morgan fingerprint density at radius 1 is 1.24 bits per heavy atom. The first-order valence-corrected chi connectivity index (χ1v) is 7.32. The van der Waals surface area contributed by atoms with E-state index in [-0.39, 0.29) is 0 Å². The van der Waals surface area contributed by atoms with Crippen molar-refractivity contribution >= 4 is 44.2 Å². The summed E-state index contributed by atoms with van der Waals surface area (Å²) in [5.74, 6) is 2.00. The maximum Gasteiger partial charge on any atom is 0.123 e. The third-order valence-electron chi connectivity index (χ3n) is 2.45. The molecule has 1 N–H and O–H groups in total. The zero-order valence-electron chi connectivity index (χ0n) is 9.47. The van der Waals surface area contributed by atoms with Gasteiger partial charge in [-0.25, -0.2) is 0 Å². The van der Waals surface area contributed by atoms with Crippen molar-refractivity contribution in [2.75, 3.05) is 5.32 Å². The Kier molecular flexibility index (Phi) is 4.50. The van der Waals surface area contributed by atoms with Crippen LogP contribution in [-0.4, -0.2) is 0 Å². The molecule has 0 bridgehead atoms. The molecule has 0 atom stereocenters. The molecule has 0 aliphatic heterocycles. The minimum Gasteiger partial charge on any atom is -0.464 e. The number of hydrogen-bond acceptors (Lipinski definition) is 2. The fourth-order valence-electron chi connectivity index (χ4n) is 1.52. The van der Waals surface area contributed by atoms with Crippen LogP contribution >= 0.6 is 38.5 Å². The number of benzene rings is 1. The van der Waals surface area contributed by atoms with Gasteiger partial charge in [0.1, 0.15) is 11.5 Å². The van der Waals surface area contributed by atoms with Gasteiger partial charge in [0, 0.05) is 20.2 Å². The molecule has 0 aliphatic carbocycles. The molecule has 90 valence electrons.